The van der Waals surface area contributed by atoms with Crippen molar-refractivity contribution in [3.63, 3.8) is 0 Å². The van der Waals surface area contributed by atoms with E-state index in [1.165, 1.54) is 32.2 Å². The van der Waals surface area contributed by atoms with Gasteiger partial charge < -0.3 is 24.6 Å². The summed E-state index contributed by atoms with van der Waals surface area (Å²) in [5.74, 6) is -3.16. The van der Waals surface area contributed by atoms with Crippen molar-refractivity contribution in [2.24, 2.45) is 20.5 Å². The number of rotatable bonds is 8. The van der Waals surface area contributed by atoms with Gasteiger partial charge in [0.15, 0.2) is 0 Å². The second kappa shape index (κ2) is 14.1. The monoisotopic (exact) mass is 589 g/mol. The summed E-state index contributed by atoms with van der Waals surface area (Å²) in [7, 11) is -4.00. The van der Waals surface area contributed by atoms with E-state index in [1.807, 2.05) is 0 Å². The summed E-state index contributed by atoms with van der Waals surface area (Å²) in [5, 5.41) is 57.9. The molecule has 0 aliphatic rings. The maximum Gasteiger partial charge on any atom is 1.00 e. The number of hydrogen-bond acceptors (Lipinski definition) is 13. The number of nitro groups is 1. The van der Waals surface area contributed by atoms with Gasteiger partial charge in [-0.3, -0.25) is 10.1 Å². The molecule has 0 aliphatic carbocycles. The van der Waals surface area contributed by atoms with Gasteiger partial charge in [-0.25, -0.2) is 13.2 Å². The number of aromatic carboxylic acids is 1. The first-order chi connectivity index (χ1) is 17.7. The molecule has 198 valence electrons. The van der Waals surface area contributed by atoms with Crippen molar-refractivity contribution in [2.45, 2.75) is 18.7 Å². The van der Waals surface area contributed by atoms with E-state index in [1.54, 1.807) is 6.92 Å². The molecule has 2 N–H and O–H groups in total. The Hall–Kier alpha value is -2.96. The van der Waals surface area contributed by atoms with Gasteiger partial charge in [0, 0.05) is 12.1 Å². The zero-order valence-electron chi connectivity index (χ0n) is 21.8. The zero-order valence-corrected chi connectivity index (χ0v) is 26.6. The van der Waals surface area contributed by atoms with Gasteiger partial charge in [0.25, 0.3) is 5.69 Å². The van der Waals surface area contributed by atoms with Crippen LogP contribution in [0.2, 0.25) is 0 Å². The molecule has 15 nitrogen and oxygen atoms in total. The van der Waals surface area contributed by atoms with Crippen molar-refractivity contribution >= 4 is 44.5 Å². The number of methoxy groups -OCH3 is 1. The summed E-state index contributed by atoms with van der Waals surface area (Å²) in [6.07, 6.45) is 0. The van der Waals surface area contributed by atoms with Crippen LogP contribution >= 0.6 is 0 Å². The van der Waals surface area contributed by atoms with Crippen LogP contribution in [0.4, 0.5) is 28.4 Å². The minimum Gasteiger partial charge on any atom is -0.867 e. The number of carbonyl (C=O) groups is 1. The number of carboxylic acids is 1. The number of azo groups is 2. The van der Waals surface area contributed by atoms with E-state index in [9.17, 15) is 43.2 Å². The molecule has 0 heterocycles. The molecule has 0 atom stereocenters. The van der Waals surface area contributed by atoms with Crippen molar-refractivity contribution in [1.82, 2.24) is 0 Å². The summed E-state index contributed by atoms with van der Waals surface area (Å²) < 4.78 is 39.3. The smallest absolute Gasteiger partial charge is 0.867 e. The fourth-order valence-electron chi connectivity index (χ4n) is 3.17. The van der Waals surface area contributed by atoms with E-state index in [2.05, 4.69) is 20.5 Å². The largest absolute Gasteiger partial charge is 1.00 e. The number of phenols is 1. The number of nitrogens with zero attached hydrogens (tertiary/aromatic N) is 5. The summed E-state index contributed by atoms with van der Waals surface area (Å²) in [4.78, 5) is 20.0. The minimum atomic E-state index is -5.32. The minimum absolute atomic E-state index is 0. The van der Waals surface area contributed by atoms with E-state index in [0.717, 1.165) is 6.07 Å². The Labute approximate surface area is 271 Å². The number of aromatic hydroxyl groups is 1. The van der Waals surface area contributed by atoms with Crippen LogP contribution in [0.5, 0.6) is 17.2 Å². The first-order valence-corrected chi connectivity index (χ1v) is 11.7. The Morgan fingerprint density at radius 1 is 0.925 bits per heavy atom. The molecular weight excluding hydrogens is 572 g/mol. The molecule has 18 heteroatoms. The van der Waals surface area contributed by atoms with Crippen molar-refractivity contribution in [2.75, 3.05) is 7.11 Å². The van der Waals surface area contributed by atoms with E-state index >= 15 is 0 Å². The average molecular weight is 589 g/mol. The number of nitro benzene ring substituents is 1. The summed E-state index contributed by atoms with van der Waals surface area (Å²) in [6.45, 7) is 3.09. The Morgan fingerprint density at radius 3 is 2.02 bits per heavy atom. The van der Waals surface area contributed by atoms with Crippen molar-refractivity contribution < 1.29 is 102 Å². The normalized spacial score (nSPS) is 11.2. The van der Waals surface area contributed by atoms with Gasteiger partial charge in [-0.05, 0) is 55.0 Å². The topological polar surface area (TPSA) is 240 Å². The van der Waals surface area contributed by atoms with E-state index in [-0.39, 0.29) is 93.1 Å². The fourth-order valence-corrected chi connectivity index (χ4v) is 3.77. The zero-order chi connectivity index (χ0) is 28.4. The molecule has 0 fully saturated rings. The first kappa shape index (κ1) is 35.1. The van der Waals surface area contributed by atoms with E-state index < -0.39 is 48.8 Å². The molecule has 0 aliphatic heterocycles. The Bertz CT molecular complexity index is 1650. The van der Waals surface area contributed by atoms with Gasteiger partial charge in [-0.2, -0.15) is 15.3 Å². The number of carboxylic acid groups (broad SMARTS) is 1. The Morgan fingerprint density at radius 2 is 1.50 bits per heavy atom. The number of ether oxygens (including phenoxy) is 1. The van der Waals surface area contributed by atoms with Crippen LogP contribution in [0.15, 0.2) is 61.8 Å². The molecule has 40 heavy (non-hydrogen) atoms. The Kier molecular flexibility index (Phi) is 12.4. The molecule has 3 aromatic rings. The van der Waals surface area contributed by atoms with Gasteiger partial charge in [0.1, 0.15) is 32.9 Å². The van der Waals surface area contributed by atoms with Crippen LogP contribution in [0, 0.1) is 24.0 Å². The maximum absolute atomic E-state index is 11.9. The molecule has 0 aromatic heterocycles. The Balaban J connectivity index is 0.00000400. The van der Waals surface area contributed by atoms with Crippen molar-refractivity contribution in [1.29, 1.82) is 0 Å². The predicted octanol–water partition coefficient (Wildman–Crippen LogP) is -1.56. The fraction of sp³-hybridized carbons (Fsp3) is 0.136. The van der Waals surface area contributed by atoms with Gasteiger partial charge in [-0.1, -0.05) is 0 Å². The van der Waals surface area contributed by atoms with Crippen molar-refractivity contribution in [3.8, 4) is 17.2 Å². The third-order valence-corrected chi connectivity index (χ3v) is 5.89. The maximum atomic E-state index is 11.9. The SMILES string of the molecule is COc1cc(N=Nc2cc([N+](=O)[O-])c([O-])c(S(=O)(=O)[O-])c2)c(C)cc1N=Nc1cc(C)c(O)c(C(=O)O)c1.[Na+].[Na+]. The number of hydrogen-bond donors (Lipinski definition) is 2. The molecule has 0 radical (unpaired) electrons. The average Bonchev–Trinajstić information content (AvgIpc) is 2.83. The molecule has 3 rings (SSSR count). The standard InChI is InChI=1S/C22H19N5O10S.2Na/c1-10-5-16(26-23-12-4-11(2)20(28)14(6-12)22(30)31)18(37-3)9-15(10)25-24-13-7-17(27(32)33)21(29)19(8-13)38(34,35)36;;/h4-9,28-29H,1-3H3,(H,30,31)(H,34,35,36);;/q;2*+1/p-2. The third kappa shape index (κ3) is 8.05. The van der Waals surface area contributed by atoms with E-state index in [0.29, 0.717) is 17.7 Å². The predicted molar refractivity (Wildman–Crippen MR) is 126 cm³/mol. The van der Waals surface area contributed by atoms with Crippen LogP contribution in [-0.4, -0.2) is 41.2 Å². The van der Waals surface area contributed by atoms with Gasteiger partial charge >= 0.3 is 65.1 Å². The van der Waals surface area contributed by atoms with Crippen molar-refractivity contribution in [3.05, 3.63) is 63.2 Å². The third-order valence-electron chi connectivity index (χ3n) is 5.05. The molecule has 3 aromatic carbocycles. The molecule has 0 amide bonds. The number of aryl methyl sites for hydroxylation is 2. The quantitative estimate of drug-likeness (QED) is 0.101. The molecule has 0 bridgehead atoms. The van der Waals surface area contributed by atoms with Gasteiger partial charge in [0.05, 0.1) is 34.0 Å². The summed E-state index contributed by atoms with van der Waals surface area (Å²) >= 11 is 0. The van der Waals surface area contributed by atoms with E-state index in [4.69, 9.17) is 4.74 Å². The molecular formula is C22H17N5Na2O10S. The number of benzene rings is 3. The summed E-state index contributed by atoms with van der Waals surface area (Å²) in [6, 6.07) is 6.69. The van der Waals surface area contributed by atoms with Crippen LogP contribution in [0.3, 0.4) is 0 Å². The molecule has 0 saturated carbocycles. The molecule has 0 spiro atoms. The second-order valence-corrected chi connectivity index (χ2v) is 9.03. The molecule has 0 saturated heterocycles. The van der Waals surface area contributed by atoms with Crippen LogP contribution in [0.1, 0.15) is 21.5 Å². The van der Waals surface area contributed by atoms with Gasteiger partial charge in [-0.15, -0.1) is 5.11 Å². The molecule has 0 unspecified atom stereocenters. The summed E-state index contributed by atoms with van der Waals surface area (Å²) in [5.41, 5.74) is -0.697. The second-order valence-electron chi connectivity index (χ2n) is 7.68. The van der Waals surface area contributed by atoms with Gasteiger partial charge in [0.2, 0.25) is 0 Å². The van der Waals surface area contributed by atoms with Crippen LogP contribution < -0.4 is 69.0 Å². The first-order valence-electron chi connectivity index (χ1n) is 10.3. The van der Waals surface area contributed by atoms with Crippen LogP contribution in [0.25, 0.3) is 0 Å². The van der Waals surface area contributed by atoms with Crippen LogP contribution in [-0.2, 0) is 10.1 Å².